The van der Waals surface area contributed by atoms with E-state index < -0.39 is 0 Å². The van der Waals surface area contributed by atoms with Gasteiger partial charge in [0.1, 0.15) is 5.75 Å². The van der Waals surface area contributed by atoms with Gasteiger partial charge in [0.05, 0.1) is 6.61 Å². The van der Waals surface area contributed by atoms with Crippen LogP contribution in [0, 0.1) is 0 Å². The lowest BCUT2D eigenvalue weighted by Gasteiger charge is -2.14. The number of hydrogen-bond acceptors (Lipinski definition) is 2. The smallest absolute Gasteiger partial charge is 0.131 e. The highest BCUT2D eigenvalue weighted by molar-refractivity contribution is 5.89. The molecule has 2 aromatic carbocycles. The SMILES string of the molecule is Cl.NC1CCCOc2c1ccc1ccccc21. The Bertz CT molecular complexity index is 527. The van der Waals surface area contributed by atoms with Gasteiger partial charge in [0.2, 0.25) is 0 Å². The molecule has 0 radical (unpaired) electrons. The van der Waals surface area contributed by atoms with E-state index in [1.54, 1.807) is 0 Å². The van der Waals surface area contributed by atoms with Gasteiger partial charge in [-0.25, -0.2) is 0 Å². The van der Waals surface area contributed by atoms with Crippen molar-refractivity contribution in [3.63, 3.8) is 0 Å². The van der Waals surface area contributed by atoms with Crippen LogP contribution in [0.3, 0.4) is 0 Å². The van der Waals surface area contributed by atoms with Gasteiger partial charge in [0.25, 0.3) is 0 Å². The minimum atomic E-state index is 0. The zero-order chi connectivity index (χ0) is 11.0. The van der Waals surface area contributed by atoms with Crippen LogP contribution in [0.1, 0.15) is 24.4 Å². The van der Waals surface area contributed by atoms with Gasteiger partial charge >= 0.3 is 0 Å². The van der Waals surface area contributed by atoms with Crippen molar-refractivity contribution in [1.29, 1.82) is 0 Å². The molecule has 17 heavy (non-hydrogen) atoms. The molecule has 2 aromatic rings. The number of ether oxygens (including phenoxy) is 1. The zero-order valence-corrected chi connectivity index (χ0v) is 10.4. The van der Waals surface area contributed by atoms with Crippen molar-refractivity contribution < 1.29 is 4.74 Å². The molecule has 0 bridgehead atoms. The lowest BCUT2D eigenvalue weighted by atomic mass is 9.99. The van der Waals surface area contributed by atoms with Crippen molar-refractivity contribution in [1.82, 2.24) is 0 Å². The van der Waals surface area contributed by atoms with Gasteiger partial charge in [-0.15, -0.1) is 12.4 Å². The lowest BCUT2D eigenvalue weighted by Crippen LogP contribution is -2.08. The van der Waals surface area contributed by atoms with Crippen LogP contribution in [0.4, 0.5) is 0 Å². The van der Waals surface area contributed by atoms with Crippen LogP contribution in [-0.2, 0) is 0 Å². The van der Waals surface area contributed by atoms with Crippen LogP contribution >= 0.6 is 12.4 Å². The fourth-order valence-corrected chi connectivity index (χ4v) is 2.35. The van der Waals surface area contributed by atoms with Crippen LogP contribution < -0.4 is 10.5 Å². The third kappa shape index (κ3) is 2.11. The summed E-state index contributed by atoms with van der Waals surface area (Å²) in [7, 11) is 0. The van der Waals surface area contributed by atoms with Crippen molar-refractivity contribution in [2.75, 3.05) is 6.61 Å². The fraction of sp³-hybridized carbons (Fsp3) is 0.286. The molecule has 1 unspecified atom stereocenters. The summed E-state index contributed by atoms with van der Waals surface area (Å²) >= 11 is 0. The first kappa shape index (κ1) is 12.2. The third-order valence-corrected chi connectivity index (χ3v) is 3.22. The molecule has 3 rings (SSSR count). The lowest BCUT2D eigenvalue weighted by molar-refractivity contribution is 0.319. The number of halogens is 1. The van der Waals surface area contributed by atoms with Crippen molar-refractivity contribution in [2.45, 2.75) is 18.9 Å². The second-order valence-corrected chi connectivity index (χ2v) is 4.30. The molecular weight excluding hydrogens is 234 g/mol. The Morgan fingerprint density at radius 2 is 1.94 bits per heavy atom. The average Bonchev–Trinajstić information content (AvgIpc) is 2.52. The molecule has 2 N–H and O–H groups in total. The van der Waals surface area contributed by atoms with Crippen LogP contribution in [0.25, 0.3) is 10.8 Å². The van der Waals surface area contributed by atoms with Gasteiger partial charge in [-0.1, -0.05) is 36.4 Å². The summed E-state index contributed by atoms with van der Waals surface area (Å²) in [6.45, 7) is 0.773. The topological polar surface area (TPSA) is 35.2 Å². The van der Waals surface area contributed by atoms with Crippen molar-refractivity contribution in [3.05, 3.63) is 42.0 Å². The van der Waals surface area contributed by atoms with Crippen molar-refractivity contribution in [3.8, 4) is 5.75 Å². The Morgan fingerprint density at radius 3 is 2.82 bits per heavy atom. The van der Waals surface area contributed by atoms with Crippen molar-refractivity contribution in [2.24, 2.45) is 5.73 Å². The first-order valence-corrected chi connectivity index (χ1v) is 5.76. The predicted octanol–water partition coefficient (Wildman–Crippen LogP) is 3.43. The molecule has 3 heteroatoms. The second-order valence-electron chi connectivity index (χ2n) is 4.30. The number of nitrogens with two attached hydrogens (primary N) is 1. The molecule has 1 aliphatic heterocycles. The van der Waals surface area contributed by atoms with Crippen LogP contribution in [0.2, 0.25) is 0 Å². The maximum Gasteiger partial charge on any atom is 0.131 e. The Labute approximate surface area is 107 Å². The Hall–Kier alpha value is -1.25. The number of fused-ring (bicyclic) bond motifs is 3. The largest absolute Gasteiger partial charge is 0.493 e. The van der Waals surface area contributed by atoms with Gasteiger partial charge in [0.15, 0.2) is 0 Å². The maximum absolute atomic E-state index is 6.16. The first-order valence-electron chi connectivity index (χ1n) is 5.76. The van der Waals surface area contributed by atoms with Gasteiger partial charge in [-0.2, -0.15) is 0 Å². The molecule has 0 saturated heterocycles. The van der Waals surface area contributed by atoms with Gasteiger partial charge in [-0.05, 0) is 18.2 Å². The summed E-state index contributed by atoms with van der Waals surface area (Å²) in [5.41, 5.74) is 7.31. The van der Waals surface area contributed by atoms with E-state index in [4.69, 9.17) is 10.5 Å². The molecule has 90 valence electrons. The maximum atomic E-state index is 6.16. The zero-order valence-electron chi connectivity index (χ0n) is 9.56. The summed E-state index contributed by atoms with van der Waals surface area (Å²) in [4.78, 5) is 0. The molecule has 0 aliphatic carbocycles. The predicted molar refractivity (Wildman–Crippen MR) is 72.9 cm³/mol. The van der Waals surface area contributed by atoms with E-state index in [2.05, 4.69) is 24.3 Å². The van der Waals surface area contributed by atoms with E-state index in [-0.39, 0.29) is 18.4 Å². The Morgan fingerprint density at radius 1 is 1.12 bits per heavy atom. The van der Waals surface area contributed by atoms with Crippen molar-refractivity contribution >= 4 is 23.2 Å². The van der Waals surface area contributed by atoms with E-state index in [0.29, 0.717) is 0 Å². The summed E-state index contributed by atoms with van der Waals surface area (Å²) in [6, 6.07) is 12.6. The minimum Gasteiger partial charge on any atom is -0.493 e. The van der Waals surface area contributed by atoms with Gasteiger partial charge < -0.3 is 10.5 Å². The molecule has 0 spiro atoms. The highest BCUT2D eigenvalue weighted by atomic mass is 35.5. The van der Waals surface area contributed by atoms with E-state index in [9.17, 15) is 0 Å². The summed E-state index contributed by atoms with van der Waals surface area (Å²) in [5, 5.41) is 2.40. The highest BCUT2D eigenvalue weighted by Gasteiger charge is 2.18. The molecule has 1 atom stereocenters. The number of hydrogen-bond donors (Lipinski definition) is 1. The molecule has 0 saturated carbocycles. The van der Waals surface area contributed by atoms with Crippen LogP contribution in [0.5, 0.6) is 5.75 Å². The van der Waals surface area contributed by atoms with Crippen LogP contribution in [0.15, 0.2) is 36.4 Å². The molecule has 1 aliphatic rings. The summed E-state index contributed by atoms with van der Waals surface area (Å²) < 4.78 is 5.85. The molecule has 1 heterocycles. The molecule has 0 aromatic heterocycles. The quantitative estimate of drug-likeness (QED) is 0.776. The minimum absolute atomic E-state index is 0. The average molecular weight is 250 g/mol. The third-order valence-electron chi connectivity index (χ3n) is 3.22. The van der Waals surface area contributed by atoms with E-state index >= 15 is 0 Å². The first-order chi connectivity index (χ1) is 7.86. The van der Waals surface area contributed by atoms with E-state index in [1.807, 2.05) is 12.1 Å². The van der Waals surface area contributed by atoms with E-state index in [1.165, 1.54) is 10.8 Å². The number of rotatable bonds is 0. The standard InChI is InChI=1S/C14H15NO.ClH/c15-13-6-3-9-16-14-11-5-2-1-4-10(11)7-8-12(13)14;/h1-2,4-5,7-8,13H,3,6,9,15H2;1H. The monoisotopic (exact) mass is 249 g/mol. The molecule has 0 fully saturated rings. The molecule has 2 nitrogen and oxygen atoms in total. The molecular formula is C14H16ClNO. The Balaban J connectivity index is 0.00000108. The summed E-state index contributed by atoms with van der Waals surface area (Å²) in [5.74, 6) is 0.989. The van der Waals surface area contributed by atoms with E-state index in [0.717, 1.165) is 30.8 Å². The van der Waals surface area contributed by atoms with Gasteiger partial charge in [-0.3, -0.25) is 0 Å². The highest BCUT2D eigenvalue weighted by Crippen LogP contribution is 2.36. The fourth-order valence-electron chi connectivity index (χ4n) is 2.35. The normalized spacial score (nSPS) is 18.8. The Kier molecular flexibility index (Phi) is 3.55. The molecule has 0 amide bonds. The second kappa shape index (κ2) is 4.94. The number of benzene rings is 2. The van der Waals surface area contributed by atoms with Gasteiger partial charge in [0, 0.05) is 17.0 Å². The summed E-state index contributed by atoms with van der Waals surface area (Å²) in [6.07, 6.45) is 2.04. The van der Waals surface area contributed by atoms with Crippen LogP contribution in [-0.4, -0.2) is 6.61 Å².